The smallest absolute Gasteiger partial charge is 0.0613 e. The summed E-state index contributed by atoms with van der Waals surface area (Å²) < 4.78 is 4.60. The quantitative estimate of drug-likeness (QED) is 0.587. The fourth-order valence-corrected chi connectivity index (χ4v) is 2.12. The second kappa shape index (κ2) is 7.03. The highest BCUT2D eigenvalue weighted by Crippen LogP contribution is 2.39. The summed E-state index contributed by atoms with van der Waals surface area (Å²) in [4.78, 5) is 0. The Morgan fingerprint density at radius 2 is 1.22 bits per heavy atom. The maximum Gasteiger partial charge on any atom is 0.0613 e. The van der Waals surface area contributed by atoms with Crippen molar-refractivity contribution >= 4 is 18.4 Å². The second-order valence-electron chi connectivity index (χ2n) is 4.79. The summed E-state index contributed by atoms with van der Waals surface area (Å²) in [6.07, 6.45) is 0. The molecule has 2 rings (SSSR count). The van der Waals surface area contributed by atoms with Crippen molar-refractivity contribution in [2.24, 2.45) is 4.74 Å². The monoisotopic (exact) mass is 260 g/mol. The predicted octanol–water partition coefficient (Wildman–Crippen LogP) is 4.68. The van der Waals surface area contributed by atoms with Crippen molar-refractivity contribution in [2.75, 3.05) is 25.7 Å². The van der Waals surface area contributed by atoms with E-state index in [1.165, 1.54) is 0 Å². The van der Waals surface area contributed by atoms with Crippen molar-refractivity contribution in [2.45, 2.75) is 0 Å². The third-order valence-corrected chi connectivity index (χ3v) is 2.80. The van der Waals surface area contributed by atoms with Crippen molar-refractivity contribution in [3.05, 3.63) is 60.7 Å². The number of anilines is 1. The zero-order chi connectivity index (χ0) is 13.4. The lowest BCUT2D eigenvalue weighted by atomic mass is 10.3. The van der Waals surface area contributed by atoms with Gasteiger partial charge in [0, 0.05) is 5.69 Å². The maximum atomic E-state index is 5.36. The third kappa shape index (κ3) is 6.93. The van der Waals surface area contributed by atoms with E-state index in [1.807, 2.05) is 60.7 Å². The summed E-state index contributed by atoms with van der Waals surface area (Å²) in [7, 11) is -1.01. The first-order valence-electron chi connectivity index (χ1n) is 5.88. The molecule has 0 fully saturated rings. The highest BCUT2D eigenvalue weighted by molar-refractivity contribution is 7.64. The predicted molar refractivity (Wildman–Crippen MR) is 84.1 cm³/mol. The molecule has 0 spiro atoms. The highest BCUT2D eigenvalue weighted by atomic mass is 31.2. The van der Waals surface area contributed by atoms with E-state index in [9.17, 15) is 0 Å². The number of hydrogen-bond acceptors (Lipinski definition) is 2. The van der Waals surface area contributed by atoms with E-state index in [0.29, 0.717) is 0 Å². The van der Waals surface area contributed by atoms with Crippen molar-refractivity contribution in [1.29, 1.82) is 0 Å². The Kier molecular flexibility index (Phi) is 5.67. The fourth-order valence-electron chi connectivity index (χ4n) is 1.29. The average molecular weight is 260 g/mol. The van der Waals surface area contributed by atoms with E-state index in [0.717, 1.165) is 11.4 Å². The van der Waals surface area contributed by atoms with Crippen molar-refractivity contribution < 1.29 is 0 Å². The fraction of sp³-hybridized carbons (Fsp3) is 0.200. The average Bonchev–Trinajstić information content (AvgIpc) is 2.30. The number of nitrogen functional groups attached to an aromatic ring is 1. The highest BCUT2D eigenvalue weighted by Gasteiger charge is 1.94. The van der Waals surface area contributed by atoms with Gasteiger partial charge in [-0.05, 0) is 51.3 Å². The zero-order valence-corrected chi connectivity index (χ0v) is 12.1. The first-order valence-corrected chi connectivity index (χ1v) is 8.96. The zero-order valence-electron chi connectivity index (χ0n) is 11.2. The van der Waals surface area contributed by atoms with Crippen molar-refractivity contribution in [1.82, 2.24) is 0 Å². The van der Waals surface area contributed by atoms with Crippen LogP contribution in [0.3, 0.4) is 0 Å². The number of hydrogen-bond donors (Lipinski definition) is 1. The Labute approximate surface area is 110 Å². The molecule has 0 saturated heterocycles. The Morgan fingerprint density at radius 1 is 0.778 bits per heavy atom. The van der Waals surface area contributed by atoms with E-state index in [4.69, 9.17) is 5.73 Å². The third-order valence-electron chi connectivity index (χ3n) is 1.97. The van der Waals surface area contributed by atoms with Crippen LogP contribution in [-0.4, -0.2) is 20.0 Å². The van der Waals surface area contributed by atoms with Crippen LogP contribution in [0.4, 0.5) is 11.4 Å². The lowest BCUT2D eigenvalue weighted by Gasteiger charge is -2.04. The lowest BCUT2D eigenvalue weighted by molar-refractivity contribution is 1.54. The molecule has 2 aromatic carbocycles. The van der Waals surface area contributed by atoms with E-state index < -0.39 is 7.05 Å². The standard InChI is InChI=1S/C9H14NP.C6H7N/c1-11(2,3)10-9-7-5-4-6-8-9;7-6-4-2-1-3-5-6/h4-8H,1-3H3;1-5H,7H2. The first kappa shape index (κ1) is 14.5. The van der Waals surface area contributed by atoms with Gasteiger partial charge in [-0.2, -0.15) is 0 Å². The molecule has 0 heterocycles. The molecule has 0 aliphatic heterocycles. The minimum absolute atomic E-state index is 0.822. The lowest BCUT2D eigenvalue weighted by Crippen LogP contribution is -1.79. The van der Waals surface area contributed by atoms with Crippen LogP contribution < -0.4 is 5.73 Å². The number of nitrogens with zero attached hydrogens (tertiary/aromatic N) is 1. The molecular weight excluding hydrogens is 239 g/mol. The van der Waals surface area contributed by atoms with Crippen LogP contribution in [0.25, 0.3) is 0 Å². The Morgan fingerprint density at radius 3 is 1.56 bits per heavy atom. The van der Waals surface area contributed by atoms with Gasteiger partial charge in [0.2, 0.25) is 0 Å². The largest absolute Gasteiger partial charge is 0.399 e. The molecule has 96 valence electrons. The minimum atomic E-state index is -1.01. The van der Waals surface area contributed by atoms with E-state index in [1.54, 1.807) is 0 Å². The first-order chi connectivity index (χ1) is 8.47. The van der Waals surface area contributed by atoms with Crippen LogP contribution in [-0.2, 0) is 0 Å². The van der Waals surface area contributed by atoms with Gasteiger partial charge in [-0.15, -0.1) is 0 Å². The summed E-state index contributed by atoms with van der Waals surface area (Å²) in [6, 6.07) is 19.6. The molecule has 2 nitrogen and oxygen atoms in total. The van der Waals surface area contributed by atoms with Crippen molar-refractivity contribution in [3.8, 4) is 0 Å². The molecule has 0 radical (unpaired) electrons. The van der Waals surface area contributed by atoms with Gasteiger partial charge in [0.05, 0.1) is 5.69 Å². The number of rotatable bonds is 1. The van der Waals surface area contributed by atoms with Gasteiger partial charge in [0.25, 0.3) is 0 Å². The second-order valence-corrected chi connectivity index (χ2v) is 8.87. The minimum Gasteiger partial charge on any atom is -0.399 e. The Hall–Kier alpha value is -1.53. The van der Waals surface area contributed by atoms with Gasteiger partial charge in [-0.1, -0.05) is 36.4 Å². The molecule has 0 amide bonds. The van der Waals surface area contributed by atoms with E-state index >= 15 is 0 Å². The molecule has 0 atom stereocenters. The topological polar surface area (TPSA) is 38.4 Å². The summed E-state index contributed by atoms with van der Waals surface area (Å²) in [5, 5.41) is 0. The normalized spacial score (nSPS) is 10.2. The molecule has 18 heavy (non-hydrogen) atoms. The maximum absolute atomic E-state index is 5.36. The van der Waals surface area contributed by atoms with Gasteiger partial charge >= 0.3 is 0 Å². The van der Waals surface area contributed by atoms with E-state index in [-0.39, 0.29) is 0 Å². The van der Waals surface area contributed by atoms with Gasteiger partial charge in [-0.3, -0.25) is 4.74 Å². The number of nitrogens with two attached hydrogens (primary N) is 1. The molecule has 0 aliphatic rings. The Bertz CT molecular complexity index is 492. The molecule has 0 unspecified atom stereocenters. The summed E-state index contributed by atoms with van der Waals surface area (Å²) in [6.45, 7) is 6.62. The van der Waals surface area contributed by atoms with Crippen LogP contribution in [0.1, 0.15) is 0 Å². The molecule has 2 N–H and O–H groups in total. The molecule has 3 heteroatoms. The van der Waals surface area contributed by atoms with Gasteiger partial charge in [0.1, 0.15) is 0 Å². The molecule has 0 bridgehead atoms. The SMILES string of the molecule is CP(C)(C)=Nc1ccccc1.Nc1ccccc1. The number of para-hydroxylation sites is 1. The van der Waals surface area contributed by atoms with Crippen LogP contribution >= 0.6 is 7.05 Å². The molecule has 2 aromatic rings. The summed E-state index contributed by atoms with van der Waals surface area (Å²) in [5.41, 5.74) is 7.28. The van der Waals surface area contributed by atoms with Crippen molar-refractivity contribution in [3.63, 3.8) is 0 Å². The molecule has 0 aromatic heterocycles. The molecular formula is C15H21N2P. The van der Waals surface area contributed by atoms with Crippen LogP contribution in [0.5, 0.6) is 0 Å². The Balaban J connectivity index is 0.000000199. The van der Waals surface area contributed by atoms with Gasteiger partial charge in [-0.25, -0.2) is 0 Å². The van der Waals surface area contributed by atoms with Crippen LogP contribution in [0.15, 0.2) is 65.4 Å². The van der Waals surface area contributed by atoms with Gasteiger partial charge < -0.3 is 5.73 Å². The van der Waals surface area contributed by atoms with E-state index in [2.05, 4.69) is 24.7 Å². The van der Waals surface area contributed by atoms with Gasteiger partial charge in [0.15, 0.2) is 0 Å². The van der Waals surface area contributed by atoms with Crippen LogP contribution in [0, 0.1) is 0 Å². The summed E-state index contributed by atoms with van der Waals surface area (Å²) in [5.74, 6) is 0. The van der Waals surface area contributed by atoms with Crippen LogP contribution in [0.2, 0.25) is 0 Å². The number of benzene rings is 2. The summed E-state index contributed by atoms with van der Waals surface area (Å²) >= 11 is 0. The molecule has 0 aliphatic carbocycles. The molecule has 0 saturated carbocycles.